The first kappa shape index (κ1) is 13.1. The molecule has 3 N–H and O–H groups in total. The van der Waals surface area contributed by atoms with Crippen molar-refractivity contribution in [3.05, 3.63) is 22.7 Å². The number of likely N-dealkylation sites (N-methyl/N-ethyl adjacent to an activating group) is 1. The molecule has 6 heteroatoms. The highest BCUT2D eigenvalue weighted by Gasteiger charge is 2.28. The van der Waals surface area contributed by atoms with Gasteiger partial charge in [0.25, 0.3) is 0 Å². The molecule has 18 heavy (non-hydrogen) atoms. The molecule has 0 bridgehead atoms. The van der Waals surface area contributed by atoms with Gasteiger partial charge in [-0.3, -0.25) is 4.79 Å². The zero-order valence-electron chi connectivity index (χ0n) is 10.4. The molecule has 1 amide bonds. The number of carbonyl (C=O) groups excluding carboxylic acids is 1. The van der Waals surface area contributed by atoms with Crippen LogP contribution in [0, 0.1) is 0 Å². The van der Waals surface area contributed by atoms with Crippen LogP contribution in [0.3, 0.4) is 0 Å². The molecule has 1 aromatic carbocycles. The van der Waals surface area contributed by atoms with Gasteiger partial charge >= 0.3 is 0 Å². The fourth-order valence-electron chi connectivity index (χ4n) is 1.94. The number of ether oxygens (including phenoxy) is 1. The second-order valence-corrected chi connectivity index (χ2v) is 4.68. The summed E-state index contributed by atoms with van der Waals surface area (Å²) in [4.78, 5) is 13.5. The van der Waals surface area contributed by atoms with Crippen molar-refractivity contribution in [2.75, 3.05) is 37.5 Å². The minimum Gasteiger partial charge on any atom is -0.383 e. The Morgan fingerprint density at radius 3 is 2.94 bits per heavy atom. The third-order valence-electron chi connectivity index (χ3n) is 3.04. The molecule has 0 saturated heterocycles. The summed E-state index contributed by atoms with van der Waals surface area (Å²) in [5, 5.41) is 3.33. The first-order chi connectivity index (χ1) is 8.54. The zero-order chi connectivity index (χ0) is 13.3. The van der Waals surface area contributed by atoms with Crippen LogP contribution in [0.1, 0.15) is 11.6 Å². The molecule has 1 atom stereocenters. The first-order valence-corrected chi connectivity index (χ1v) is 6.02. The Morgan fingerprint density at radius 2 is 2.28 bits per heavy atom. The lowest BCUT2D eigenvalue weighted by Crippen LogP contribution is -2.22. The predicted molar refractivity (Wildman–Crippen MR) is 72.2 cm³/mol. The Labute approximate surface area is 111 Å². The van der Waals surface area contributed by atoms with Crippen molar-refractivity contribution in [3.8, 4) is 0 Å². The molecule has 0 fully saturated rings. The number of hydrogen-bond acceptors (Lipinski definition) is 4. The van der Waals surface area contributed by atoms with Gasteiger partial charge in [0, 0.05) is 32.0 Å². The number of benzene rings is 1. The number of methoxy groups -OCH3 is 1. The molecule has 5 nitrogen and oxygen atoms in total. The number of anilines is 2. The highest BCUT2D eigenvalue weighted by atomic mass is 35.5. The van der Waals surface area contributed by atoms with Crippen molar-refractivity contribution in [1.29, 1.82) is 0 Å². The Bertz CT molecular complexity index is 479. The van der Waals surface area contributed by atoms with Crippen LogP contribution in [0.25, 0.3) is 0 Å². The van der Waals surface area contributed by atoms with Gasteiger partial charge in [0.15, 0.2) is 0 Å². The fourth-order valence-corrected chi connectivity index (χ4v) is 2.25. The monoisotopic (exact) mass is 269 g/mol. The SMILES string of the molecule is COCCN(C)c1cc2c(cc1Cl)C(N)C(=O)N2. The third-order valence-corrected chi connectivity index (χ3v) is 3.34. The molecular weight excluding hydrogens is 254 g/mol. The zero-order valence-corrected chi connectivity index (χ0v) is 11.1. The van der Waals surface area contributed by atoms with Gasteiger partial charge in [0.05, 0.1) is 17.3 Å². The van der Waals surface area contributed by atoms with Crippen molar-refractivity contribution in [1.82, 2.24) is 0 Å². The van der Waals surface area contributed by atoms with E-state index in [1.54, 1.807) is 13.2 Å². The number of nitrogens with zero attached hydrogens (tertiary/aromatic N) is 1. The van der Waals surface area contributed by atoms with Crippen LogP contribution in [0.15, 0.2) is 12.1 Å². The number of halogens is 1. The van der Waals surface area contributed by atoms with Crippen LogP contribution in [0.2, 0.25) is 5.02 Å². The fraction of sp³-hybridized carbons (Fsp3) is 0.417. The minimum absolute atomic E-state index is 0.197. The van der Waals surface area contributed by atoms with Gasteiger partial charge in [-0.25, -0.2) is 0 Å². The lowest BCUT2D eigenvalue weighted by atomic mass is 10.1. The lowest BCUT2D eigenvalue weighted by molar-refractivity contribution is -0.116. The second-order valence-electron chi connectivity index (χ2n) is 4.27. The number of carbonyl (C=O) groups is 1. The van der Waals surface area contributed by atoms with E-state index >= 15 is 0 Å². The lowest BCUT2D eigenvalue weighted by Gasteiger charge is -2.21. The average Bonchev–Trinajstić information content (AvgIpc) is 2.62. The van der Waals surface area contributed by atoms with E-state index in [9.17, 15) is 4.79 Å². The summed E-state index contributed by atoms with van der Waals surface area (Å²) in [6.45, 7) is 1.32. The molecular formula is C12H16ClN3O2. The van der Waals surface area contributed by atoms with Crippen LogP contribution >= 0.6 is 11.6 Å². The molecule has 1 heterocycles. The molecule has 1 unspecified atom stereocenters. The summed E-state index contributed by atoms with van der Waals surface area (Å²) in [6, 6.07) is 2.96. The van der Waals surface area contributed by atoms with Gasteiger partial charge in [-0.05, 0) is 12.1 Å². The standard InChI is InChI=1S/C12H16ClN3O2/c1-16(3-4-18-2)10-6-9-7(5-8(10)13)11(14)12(17)15-9/h5-6,11H,3-4,14H2,1-2H3,(H,15,17). The number of nitrogens with two attached hydrogens (primary N) is 1. The Balaban J connectivity index is 2.29. The van der Waals surface area contributed by atoms with E-state index < -0.39 is 6.04 Å². The van der Waals surface area contributed by atoms with Crippen molar-refractivity contribution in [2.45, 2.75) is 6.04 Å². The number of rotatable bonds is 4. The summed E-state index contributed by atoms with van der Waals surface area (Å²) in [5.74, 6) is -0.197. The predicted octanol–water partition coefficient (Wildman–Crippen LogP) is 1.37. The molecule has 1 aliphatic rings. The molecule has 2 rings (SSSR count). The number of hydrogen-bond donors (Lipinski definition) is 2. The maximum atomic E-state index is 11.5. The summed E-state index contributed by atoms with van der Waals surface area (Å²) < 4.78 is 5.03. The molecule has 1 aromatic rings. The van der Waals surface area contributed by atoms with E-state index in [0.29, 0.717) is 11.6 Å². The number of amides is 1. The van der Waals surface area contributed by atoms with Crippen molar-refractivity contribution in [2.24, 2.45) is 5.73 Å². The Hall–Kier alpha value is -1.30. The molecule has 0 spiro atoms. The molecule has 1 aliphatic heterocycles. The molecule has 0 aromatic heterocycles. The number of fused-ring (bicyclic) bond motifs is 1. The maximum absolute atomic E-state index is 11.5. The van der Waals surface area contributed by atoms with Gasteiger partial charge < -0.3 is 20.7 Å². The van der Waals surface area contributed by atoms with Crippen LogP contribution in [-0.4, -0.2) is 33.2 Å². The van der Waals surface area contributed by atoms with Crippen molar-refractivity contribution in [3.63, 3.8) is 0 Å². The van der Waals surface area contributed by atoms with Crippen molar-refractivity contribution < 1.29 is 9.53 Å². The Kier molecular flexibility index (Phi) is 3.75. The van der Waals surface area contributed by atoms with E-state index in [-0.39, 0.29) is 5.91 Å². The molecule has 0 radical (unpaired) electrons. The molecule has 0 saturated carbocycles. The number of nitrogens with one attached hydrogen (secondary N) is 1. The Morgan fingerprint density at radius 1 is 1.56 bits per heavy atom. The summed E-state index contributed by atoms with van der Waals surface area (Å²) in [7, 11) is 3.57. The quantitative estimate of drug-likeness (QED) is 0.866. The van der Waals surface area contributed by atoms with E-state index in [0.717, 1.165) is 23.5 Å². The molecule has 98 valence electrons. The summed E-state index contributed by atoms with van der Waals surface area (Å²) in [5.41, 5.74) is 8.09. The van der Waals surface area contributed by atoms with E-state index in [4.69, 9.17) is 22.1 Å². The van der Waals surface area contributed by atoms with Crippen LogP contribution in [-0.2, 0) is 9.53 Å². The van der Waals surface area contributed by atoms with E-state index in [2.05, 4.69) is 5.32 Å². The van der Waals surface area contributed by atoms with E-state index in [1.165, 1.54) is 0 Å². The third kappa shape index (κ3) is 2.29. The minimum atomic E-state index is -0.629. The van der Waals surface area contributed by atoms with Crippen LogP contribution < -0.4 is 16.0 Å². The summed E-state index contributed by atoms with van der Waals surface area (Å²) in [6.07, 6.45) is 0. The normalized spacial score (nSPS) is 17.6. The largest absolute Gasteiger partial charge is 0.383 e. The van der Waals surface area contributed by atoms with Gasteiger partial charge in [0.2, 0.25) is 5.91 Å². The van der Waals surface area contributed by atoms with E-state index in [1.807, 2.05) is 18.0 Å². The van der Waals surface area contributed by atoms with Gasteiger partial charge in [0.1, 0.15) is 6.04 Å². The topological polar surface area (TPSA) is 67.6 Å². The maximum Gasteiger partial charge on any atom is 0.245 e. The van der Waals surface area contributed by atoms with Crippen molar-refractivity contribution >= 4 is 28.9 Å². The highest BCUT2D eigenvalue weighted by molar-refractivity contribution is 6.33. The smallest absolute Gasteiger partial charge is 0.245 e. The first-order valence-electron chi connectivity index (χ1n) is 5.64. The van der Waals surface area contributed by atoms with Crippen LogP contribution in [0.5, 0.6) is 0 Å². The highest BCUT2D eigenvalue weighted by Crippen LogP contribution is 2.37. The van der Waals surface area contributed by atoms with Gasteiger partial charge in [-0.15, -0.1) is 0 Å². The average molecular weight is 270 g/mol. The summed E-state index contributed by atoms with van der Waals surface area (Å²) >= 11 is 6.22. The van der Waals surface area contributed by atoms with Gasteiger partial charge in [-0.2, -0.15) is 0 Å². The van der Waals surface area contributed by atoms with Crippen LogP contribution in [0.4, 0.5) is 11.4 Å². The second kappa shape index (κ2) is 5.14. The van der Waals surface area contributed by atoms with Gasteiger partial charge in [-0.1, -0.05) is 11.6 Å². The molecule has 0 aliphatic carbocycles.